The molecule has 1 atom stereocenters. The molecule has 1 aliphatic heterocycles. The van der Waals surface area contributed by atoms with Crippen LogP contribution in [0.1, 0.15) is 23.6 Å². The maximum absolute atomic E-state index is 12.8. The average Bonchev–Trinajstić information content (AvgIpc) is 2.86. The van der Waals surface area contributed by atoms with Crippen LogP contribution in [-0.4, -0.2) is 22.9 Å². The van der Waals surface area contributed by atoms with E-state index >= 15 is 0 Å². The first kappa shape index (κ1) is 19.4. The third-order valence-electron chi connectivity index (χ3n) is 4.40. The number of nitrogens with one attached hydrogen (secondary N) is 2. The molecule has 0 spiro atoms. The number of amides is 4. The topological polar surface area (TPSA) is 78.5 Å². The van der Waals surface area contributed by atoms with Gasteiger partial charge in [0.2, 0.25) is 5.91 Å². The lowest BCUT2D eigenvalue weighted by Gasteiger charge is -2.22. The van der Waals surface area contributed by atoms with Crippen molar-refractivity contribution in [2.45, 2.75) is 25.1 Å². The van der Waals surface area contributed by atoms with Gasteiger partial charge in [0.25, 0.3) is 5.91 Å². The highest BCUT2D eigenvalue weighted by Crippen LogP contribution is 2.30. The molecule has 2 N–H and O–H groups in total. The number of carbonyl (C=O) groups is 3. The van der Waals surface area contributed by atoms with Crippen molar-refractivity contribution in [2.75, 3.05) is 0 Å². The van der Waals surface area contributed by atoms with E-state index in [0.29, 0.717) is 10.6 Å². The van der Waals surface area contributed by atoms with Crippen LogP contribution in [0.15, 0.2) is 54.6 Å². The number of hydrogen-bond acceptors (Lipinski definition) is 3. The molecule has 1 saturated heterocycles. The van der Waals surface area contributed by atoms with Gasteiger partial charge in [-0.05, 0) is 24.1 Å². The number of hydrazine groups is 1. The summed E-state index contributed by atoms with van der Waals surface area (Å²) < 4.78 is 38.3. The fourth-order valence-corrected chi connectivity index (χ4v) is 2.91. The van der Waals surface area contributed by atoms with Gasteiger partial charge >= 0.3 is 12.2 Å². The lowest BCUT2D eigenvalue weighted by atomic mass is 9.92. The van der Waals surface area contributed by atoms with Crippen LogP contribution < -0.4 is 10.7 Å². The third kappa shape index (κ3) is 3.68. The zero-order valence-corrected chi connectivity index (χ0v) is 14.7. The van der Waals surface area contributed by atoms with Crippen molar-refractivity contribution in [3.8, 4) is 0 Å². The Hall–Kier alpha value is -3.36. The molecule has 0 aromatic heterocycles. The molecular weight excluding hydrogens is 375 g/mol. The second-order valence-electron chi connectivity index (χ2n) is 6.47. The molecule has 1 heterocycles. The lowest BCUT2D eigenvalue weighted by molar-refractivity contribution is -0.138. The van der Waals surface area contributed by atoms with Crippen molar-refractivity contribution in [2.24, 2.45) is 0 Å². The quantitative estimate of drug-likeness (QED) is 0.787. The third-order valence-corrected chi connectivity index (χ3v) is 4.40. The molecule has 0 bridgehead atoms. The first-order valence-corrected chi connectivity index (χ1v) is 8.29. The van der Waals surface area contributed by atoms with E-state index in [4.69, 9.17) is 0 Å². The van der Waals surface area contributed by atoms with Crippen LogP contribution in [0.5, 0.6) is 0 Å². The molecule has 3 rings (SSSR count). The molecule has 28 heavy (non-hydrogen) atoms. The Morgan fingerprint density at radius 3 is 2.43 bits per heavy atom. The van der Waals surface area contributed by atoms with Crippen LogP contribution in [0.3, 0.4) is 0 Å². The Morgan fingerprint density at radius 2 is 1.79 bits per heavy atom. The van der Waals surface area contributed by atoms with Gasteiger partial charge in [-0.2, -0.15) is 18.2 Å². The zero-order chi connectivity index (χ0) is 20.5. The Kier molecular flexibility index (Phi) is 4.84. The smallest absolute Gasteiger partial charge is 0.318 e. The van der Waals surface area contributed by atoms with Crippen LogP contribution in [-0.2, 0) is 27.7 Å². The molecule has 4 amide bonds. The number of imide groups is 1. The highest BCUT2D eigenvalue weighted by molar-refractivity contribution is 6.08. The fourth-order valence-electron chi connectivity index (χ4n) is 2.91. The monoisotopic (exact) mass is 391 g/mol. The number of nitrogens with zero attached hydrogens (tertiary/aromatic N) is 1. The minimum atomic E-state index is -4.53. The van der Waals surface area contributed by atoms with Crippen molar-refractivity contribution in [3.63, 3.8) is 0 Å². The second kappa shape index (κ2) is 6.99. The number of benzene rings is 2. The number of alkyl halides is 3. The van der Waals surface area contributed by atoms with E-state index in [1.165, 1.54) is 19.1 Å². The van der Waals surface area contributed by atoms with Crippen molar-refractivity contribution in [1.82, 2.24) is 15.8 Å². The van der Waals surface area contributed by atoms with Crippen LogP contribution in [0.2, 0.25) is 0 Å². The Bertz CT molecular complexity index is 931. The van der Waals surface area contributed by atoms with Gasteiger partial charge in [0.05, 0.1) is 12.0 Å². The number of rotatable bonds is 4. The van der Waals surface area contributed by atoms with E-state index in [-0.39, 0.29) is 5.56 Å². The summed E-state index contributed by atoms with van der Waals surface area (Å²) in [5.41, 5.74) is 0.550. The molecule has 9 heteroatoms. The van der Waals surface area contributed by atoms with E-state index in [1.807, 2.05) is 0 Å². The summed E-state index contributed by atoms with van der Waals surface area (Å²) in [6.45, 7) is 1.50. The van der Waals surface area contributed by atoms with Crippen LogP contribution in [0, 0.1) is 0 Å². The molecule has 1 aliphatic rings. The average molecular weight is 391 g/mol. The summed E-state index contributed by atoms with van der Waals surface area (Å²) in [7, 11) is 0. The first-order valence-electron chi connectivity index (χ1n) is 8.29. The molecule has 1 fully saturated rings. The number of halogens is 3. The maximum atomic E-state index is 12.8. The van der Waals surface area contributed by atoms with E-state index in [0.717, 1.165) is 12.1 Å². The van der Waals surface area contributed by atoms with Gasteiger partial charge in [-0.25, -0.2) is 4.79 Å². The molecule has 0 radical (unpaired) electrons. The number of hydrogen-bond donors (Lipinski definition) is 2. The molecule has 2 aromatic rings. The highest BCUT2D eigenvalue weighted by atomic mass is 19.4. The minimum Gasteiger partial charge on any atom is -0.318 e. The van der Waals surface area contributed by atoms with E-state index in [2.05, 4.69) is 10.7 Å². The predicted octanol–water partition coefficient (Wildman–Crippen LogP) is 2.75. The SMILES string of the molecule is CC1(c2ccccc2)NC(=O)N(NC(=O)Cc2cccc(C(F)(F)F)c2)C1=O. The molecule has 0 aliphatic carbocycles. The van der Waals surface area contributed by atoms with Gasteiger partial charge in [0, 0.05) is 0 Å². The second-order valence-corrected chi connectivity index (χ2v) is 6.47. The zero-order valence-electron chi connectivity index (χ0n) is 14.7. The van der Waals surface area contributed by atoms with Gasteiger partial charge in [-0.3, -0.25) is 15.0 Å². The van der Waals surface area contributed by atoms with Crippen molar-refractivity contribution in [1.29, 1.82) is 0 Å². The van der Waals surface area contributed by atoms with Crippen LogP contribution in [0.25, 0.3) is 0 Å². The summed E-state index contributed by atoms with van der Waals surface area (Å²) in [6, 6.07) is 11.9. The standard InChI is InChI=1S/C19H16F3N3O3/c1-18(13-7-3-2-4-8-13)16(27)25(17(28)23-18)24-15(26)11-12-6-5-9-14(10-12)19(20,21)22/h2-10H,11H2,1H3,(H,23,28)(H,24,26). The minimum absolute atomic E-state index is 0.102. The molecule has 146 valence electrons. The Labute approximate surface area is 158 Å². The highest BCUT2D eigenvalue weighted by Gasteiger charge is 2.49. The maximum Gasteiger partial charge on any atom is 0.416 e. The normalized spacial score (nSPS) is 19.5. The summed E-state index contributed by atoms with van der Waals surface area (Å²) in [5.74, 6) is -1.48. The van der Waals surface area contributed by atoms with E-state index < -0.39 is 41.5 Å². The summed E-state index contributed by atoms with van der Waals surface area (Å²) >= 11 is 0. The largest absolute Gasteiger partial charge is 0.416 e. The van der Waals surface area contributed by atoms with Gasteiger partial charge in [0.15, 0.2) is 0 Å². The number of carbonyl (C=O) groups excluding carboxylic acids is 3. The van der Waals surface area contributed by atoms with Crippen LogP contribution in [0.4, 0.5) is 18.0 Å². The Morgan fingerprint density at radius 1 is 1.11 bits per heavy atom. The molecule has 1 unspecified atom stereocenters. The van der Waals surface area contributed by atoms with Gasteiger partial charge in [-0.15, -0.1) is 0 Å². The molecule has 2 aromatic carbocycles. The lowest BCUT2D eigenvalue weighted by Crippen LogP contribution is -2.48. The molecular formula is C19H16F3N3O3. The van der Waals surface area contributed by atoms with Crippen molar-refractivity contribution in [3.05, 3.63) is 71.3 Å². The van der Waals surface area contributed by atoms with Gasteiger partial charge in [-0.1, -0.05) is 48.5 Å². The van der Waals surface area contributed by atoms with E-state index in [1.54, 1.807) is 30.3 Å². The Balaban J connectivity index is 1.73. The summed E-state index contributed by atoms with van der Waals surface area (Å²) in [4.78, 5) is 37.1. The summed E-state index contributed by atoms with van der Waals surface area (Å²) in [6.07, 6.45) is -4.96. The summed E-state index contributed by atoms with van der Waals surface area (Å²) in [5, 5.41) is 3.06. The fraction of sp³-hybridized carbons (Fsp3) is 0.211. The molecule has 0 saturated carbocycles. The number of urea groups is 1. The van der Waals surface area contributed by atoms with Gasteiger partial charge in [0.1, 0.15) is 5.54 Å². The van der Waals surface area contributed by atoms with Crippen molar-refractivity contribution < 1.29 is 27.6 Å². The van der Waals surface area contributed by atoms with Crippen LogP contribution >= 0.6 is 0 Å². The van der Waals surface area contributed by atoms with E-state index in [9.17, 15) is 27.6 Å². The van der Waals surface area contributed by atoms with Crippen molar-refractivity contribution >= 4 is 17.8 Å². The predicted molar refractivity (Wildman–Crippen MR) is 92.5 cm³/mol. The van der Waals surface area contributed by atoms with Gasteiger partial charge < -0.3 is 5.32 Å². The molecule has 6 nitrogen and oxygen atoms in total. The first-order chi connectivity index (χ1) is 13.1.